The average Bonchev–Trinajstić information content (AvgIpc) is 2.44. The molecule has 1 fully saturated rings. The maximum Gasteiger partial charge on any atom is 0.160 e. The first-order valence-corrected chi connectivity index (χ1v) is 8.17. The van der Waals surface area contributed by atoms with Gasteiger partial charge in [-0.2, -0.15) is 0 Å². The van der Waals surface area contributed by atoms with Gasteiger partial charge in [-0.25, -0.2) is 9.97 Å². The van der Waals surface area contributed by atoms with E-state index in [4.69, 9.17) is 16.3 Å². The molecule has 0 saturated carbocycles. The maximum absolute atomic E-state index is 6.22. The lowest BCUT2D eigenvalue weighted by Crippen LogP contribution is -2.38. The van der Waals surface area contributed by atoms with Crippen molar-refractivity contribution in [2.24, 2.45) is 0 Å². The maximum atomic E-state index is 6.22. The van der Waals surface area contributed by atoms with Crippen molar-refractivity contribution in [2.75, 3.05) is 26.2 Å². The predicted octanol–water partition coefficient (Wildman–Crippen LogP) is 3.08. The molecule has 6 heteroatoms. The summed E-state index contributed by atoms with van der Waals surface area (Å²) in [5.74, 6) is 0.729. The zero-order valence-corrected chi connectivity index (χ0v) is 14.2. The zero-order valence-electron chi connectivity index (χ0n) is 11.3. The van der Waals surface area contributed by atoms with E-state index in [1.54, 1.807) is 0 Å². The van der Waals surface area contributed by atoms with Crippen molar-refractivity contribution in [1.29, 1.82) is 0 Å². The van der Waals surface area contributed by atoms with Gasteiger partial charge in [0.25, 0.3) is 0 Å². The fourth-order valence-electron chi connectivity index (χ4n) is 2.17. The van der Waals surface area contributed by atoms with Crippen LogP contribution in [0.1, 0.15) is 37.9 Å². The van der Waals surface area contributed by atoms with E-state index in [2.05, 4.69) is 51.3 Å². The first-order valence-electron chi connectivity index (χ1n) is 6.71. The van der Waals surface area contributed by atoms with Crippen molar-refractivity contribution in [3.05, 3.63) is 20.2 Å². The molecular weight excluding hydrogens is 377 g/mol. The van der Waals surface area contributed by atoms with E-state index >= 15 is 0 Å². The summed E-state index contributed by atoms with van der Waals surface area (Å²) in [6.45, 7) is 7.88. The number of aromatic nitrogens is 2. The fourth-order valence-corrected chi connectivity index (χ4v) is 2.88. The molecule has 0 aromatic carbocycles. The molecule has 0 radical (unpaired) electrons. The van der Waals surface area contributed by atoms with Crippen LogP contribution in [0.25, 0.3) is 0 Å². The molecule has 0 bridgehead atoms. The third-order valence-corrected chi connectivity index (χ3v) is 5.00. The molecule has 2 heterocycles. The van der Waals surface area contributed by atoms with E-state index in [0.29, 0.717) is 5.15 Å². The number of morpholine rings is 1. The Morgan fingerprint density at radius 1 is 1.42 bits per heavy atom. The van der Waals surface area contributed by atoms with Gasteiger partial charge in [0.2, 0.25) is 0 Å². The van der Waals surface area contributed by atoms with Crippen LogP contribution in [-0.4, -0.2) is 41.1 Å². The lowest BCUT2D eigenvalue weighted by molar-refractivity contribution is -0.0326. The van der Waals surface area contributed by atoms with Crippen LogP contribution in [-0.2, 0) is 11.2 Å². The average molecular weight is 396 g/mol. The third kappa shape index (κ3) is 3.77. The van der Waals surface area contributed by atoms with Gasteiger partial charge in [0.1, 0.15) is 11.3 Å². The fraction of sp³-hybridized carbons (Fsp3) is 0.692. The van der Waals surface area contributed by atoms with Crippen LogP contribution in [0.4, 0.5) is 0 Å². The molecule has 1 aromatic heterocycles. The van der Waals surface area contributed by atoms with Gasteiger partial charge in [-0.15, -0.1) is 0 Å². The molecular formula is C13H19ClIN3O. The molecule has 19 heavy (non-hydrogen) atoms. The summed E-state index contributed by atoms with van der Waals surface area (Å²) in [7, 11) is 0. The number of likely N-dealkylation sites (N-methyl/N-ethyl adjacent to an activating group) is 1. The molecule has 4 nitrogen and oxygen atoms in total. The molecule has 2 rings (SSSR count). The number of halogens is 2. The second-order valence-corrected chi connectivity index (χ2v) is 6.07. The van der Waals surface area contributed by atoms with E-state index < -0.39 is 0 Å². The number of hydrogen-bond acceptors (Lipinski definition) is 4. The summed E-state index contributed by atoms with van der Waals surface area (Å²) in [5, 5.41) is 0.547. The Hall–Kier alpha value is 0.0200. The highest BCUT2D eigenvalue weighted by Gasteiger charge is 2.24. The third-order valence-electron chi connectivity index (χ3n) is 3.27. The Kier molecular flexibility index (Phi) is 5.80. The molecule has 1 unspecified atom stereocenters. The minimum absolute atomic E-state index is 0.0567. The lowest BCUT2D eigenvalue weighted by atomic mass is 10.2. The number of nitrogens with zero attached hydrogens (tertiary/aromatic N) is 3. The highest BCUT2D eigenvalue weighted by Crippen LogP contribution is 2.25. The van der Waals surface area contributed by atoms with Crippen molar-refractivity contribution in [3.63, 3.8) is 0 Å². The van der Waals surface area contributed by atoms with E-state index in [0.717, 1.165) is 54.2 Å². The molecule has 1 aliphatic rings. The Morgan fingerprint density at radius 2 is 2.21 bits per heavy atom. The summed E-state index contributed by atoms with van der Waals surface area (Å²) >= 11 is 8.44. The molecule has 0 amide bonds. The summed E-state index contributed by atoms with van der Waals surface area (Å²) in [6, 6.07) is 0. The largest absolute Gasteiger partial charge is 0.368 e. The number of hydrogen-bond donors (Lipinski definition) is 0. The van der Waals surface area contributed by atoms with Crippen LogP contribution in [0.2, 0.25) is 5.15 Å². The minimum atomic E-state index is -0.0567. The van der Waals surface area contributed by atoms with Crippen LogP contribution in [0.15, 0.2) is 0 Å². The van der Waals surface area contributed by atoms with Gasteiger partial charge in [0.15, 0.2) is 5.82 Å². The van der Waals surface area contributed by atoms with Gasteiger partial charge >= 0.3 is 0 Å². The summed E-state index contributed by atoms with van der Waals surface area (Å²) in [4.78, 5) is 11.4. The normalized spacial score (nSPS) is 20.7. The summed E-state index contributed by atoms with van der Waals surface area (Å²) in [6.07, 6.45) is 1.92. The highest BCUT2D eigenvalue weighted by atomic mass is 127. The van der Waals surface area contributed by atoms with Crippen LogP contribution in [0.5, 0.6) is 0 Å². The SMILES string of the molecule is CCCc1nc(C2CN(CC)CCO2)nc(Cl)c1I. The van der Waals surface area contributed by atoms with E-state index in [9.17, 15) is 0 Å². The zero-order chi connectivity index (χ0) is 13.8. The summed E-state index contributed by atoms with van der Waals surface area (Å²) < 4.78 is 6.76. The van der Waals surface area contributed by atoms with Gasteiger partial charge in [-0.05, 0) is 35.6 Å². The van der Waals surface area contributed by atoms with Crippen LogP contribution < -0.4 is 0 Å². The number of aryl methyl sites for hydroxylation is 1. The van der Waals surface area contributed by atoms with Gasteiger partial charge < -0.3 is 4.74 Å². The standard InChI is InChI=1S/C13H19ClIN3O/c1-3-5-9-11(15)12(14)17-13(16-9)10-8-18(4-2)6-7-19-10/h10H,3-8H2,1-2H3. The second kappa shape index (κ2) is 7.15. The van der Waals surface area contributed by atoms with Crippen molar-refractivity contribution >= 4 is 34.2 Å². The Morgan fingerprint density at radius 3 is 2.89 bits per heavy atom. The minimum Gasteiger partial charge on any atom is -0.368 e. The molecule has 1 aromatic rings. The van der Waals surface area contributed by atoms with Gasteiger partial charge in [0.05, 0.1) is 15.9 Å². The molecule has 1 saturated heterocycles. The van der Waals surface area contributed by atoms with Gasteiger partial charge in [-0.3, -0.25) is 4.90 Å². The van der Waals surface area contributed by atoms with Crippen molar-refractivity contribution < 1.29 is 4.74 Å². The first kappa shape index (κ1) is 15.4. The number of rotatable bonds is 4. The van der Waals surface area contributed by atoms with E-state index in [1.807, 2.05) is 0 Å². The van der Waals surface area contributed by atoms with Crippen LogP contribution in [0, 0.1) is 3.57 Å². The Bertz CT molecular complexity index is 444. The van der Waals surface area contributed by atoms with Crippen LogP contribution >= 0.6 is 34.2 Å². The molecule has 106 valence electrons. The van der Waals surface area contributed by atoms with Crippen molar-refractivity contribution in [1.82, 2.24) is 14.9 Å². The molecule has 1 atom stereocenters. The lowest BCUT2D eigenvalue weighted by Gasteiger charge is -2.31. The van der Waals surface area contributed by atoms with E-state index in [1.165, 1.54) is 0 Å². The topological polar surface area (TPSA) is 38.2 Å². The molecule has 1 aliphatic heterocycles. The monoisotopic (exact) mass is 395 g/mol. The smallest absolute Gasteiger partial charge is 0.160 e. The molecule has 0 N–H and O–H groups in total. The van der Waals surface area contributed by atoms with Crippen molar-refractivity contribution in [3.8, 4) is 0 Å². The number of ether oxygens (including phenoxy) is 1. The van der Waals surface area contributed by atoms with Crippen LogP contribution in [0.3, 0.4) is 0 Å². The molecule has 0 aliphatic carbocycles. The second-order valence-electron chi connectivity index (χ2n) is 4.64. The Balaban J connectivity index is 2.24. The van der Waals surface area contributed by atoms with E-state index in [-0.39, 0.29) is 6.10 Å². The first-order chi connectivity index (χ1) is 9.15. The van der Waals surface area contributed by atoms with Gasteiger partial charge in [-0.1, -0.05) is 31.9 Å². The highest BCUT2D eigenvalue weighted by molar-refractivity contribution is 14.1. The predicted molar refractivity (Wildman–Crippen MR) is 84.6 cm³/mol. The summed E-state index contributed by atoms with van der Waals surface area (Å²) in [5.41, 5.74) is 1.04. The van der Waals surface area contributed by atoms with Gasteiger partial charge in [0, 0.05) is 13.1 Å². The van der Waals surface area contributed by atoms with Crippen molar-refractivity contribution in [2.45, 2.75) is 32.8 Å². The Labute approximate surface area is 133 Å². The molecule has 0 spiro atoms. The quantitative estimate of drug-likeness (QED) is 0.580.